The number of hydrogen-bond acceptors (Lipinski definition) is 1. The molecule has 2 fully saturated rings. The van der Waals surface area contributed by atoms with Gasteiger partial charge < -0.3 is 0 Å². The lowest BCUT2D eigenvalue weighted by molar-refractivity contribution is 0.221. The number of allylic oxidation sites excluding steroid dienone is 2. The predicted molar refractivity (Wildman–Crippen MR) is 89.8 cm³/mol. The van der Waals surface area contributed by atoms with Crippen molar-refractivity contribution in [1.29, 1.82) is 5.26 Å². The van der Waals surface area contributed by atoms with Crippen molar-refractivity contribution >= 4 is 0 Å². The van der Waals surface area contributed by atoms with E-state index < -0.39 is 0 Å². The number of hydrogen-bond donors (Lipinski definition) is 0. The van der Waals surface area contributed by atoms with Crippen molar-refractivity contribution in [2.75, 3.05) is 0 Å². The average molecular weight is 287 g/mol. The third kappa shape index (κ3) is 5.85. The molecule has 0 heterocycles. The topological polar surface area (TPSA) is 23.8 Å². The van der Waals surface area contributed by atoms with Gasteiger partial charge in [-0.25, -0.2) is 0 Å². The van der Waals surface area contributed by atoms with E-state index in [2.05, 4.69) is 19.1 Å². The number of rotatable bonds is 6. The first-order valence-corrected chi connectivity index (χ1v) is 9.38. The first-order valence-electron chi connectivity index (χ1n) is 9.38. The van der Waals surface area contributed by atoms with Gasteiger partial charge in [-0.1, -0.05) is 64.4 Å². The van der Waals surface area contributed by atoms with E-state index in [0.717, 1.165) is 17.8 Å². The first kappa shape index (κ1) is 16.6. The maximum Gasteiger partial charge on any atom is 0.0908 e. The van der Waals surface area contributed by atoms with Crippen molar-refractivity contribution in [3.8, 4) is 6.07 Å². The van der Waals surface area contributed by atoms with Gasteiger partial charge in [-0.15, -0.1) is 0 Å². The molecule has 0 atom stereocenters. The second-order valence-electron chi connectivity index (χ2n) is 7.52. The van der Waals surface area contributed by atoms with Gasteiger partial charge in [-0.05, 0) is 49.4 Å². The lowest BCUT2D eigenvalue weighted by Crippen LogP contribution is -2.17. The van der Waals surface area contributed by atoms with E-state index in [4.69, 9.17) is 5.26 Å². The molecule has 0 saturated heterocycles. The van der Waals surface area contributed by atoms with Crippen molar-refractivity contribution in [2.24, 2.45) is 23.7 Å². The summed E-state index contributed by atoms with van der Waals surface area (Å²) >= 11 is 0. The van der Waals surface area contributed by atoms with E-state index in [1.807, 2.05) is 0 Å². The Morgan fingerprint density at radius 3 is 1.76 bits per heavy atom. The molecule has 0 aromatic rings. The Morgan fingerprint density at radius 1 is 0.810 bits per heavy atom. The van der Waals surface area contributed by atoms with Gasteiger partial charge in [0, 0.05) is 6.08 Å². The fraction of sp³-hybridized carbons (Fsp3) is 0.850. The highest BCUT2D eigenvalue weighted by Crippen LogP contribution is 2.37. The van der Waals surface area contributed by atoms with Gasteiger partial charge in [-0.3, -0.25) is 0 Å². The Morgan fingerprint density at radius 2 is 1.29 bits per heavy atom. The maximum absolute atomic E-state index is 8.59. The molecule has 1 nitrogen and oxygen atoms in total. The molecule has 0 aromatic heterocycles. The molecule has 2 aliphatic carbocycles. The highest BCUT2D eigenvalue weighted by molar-refractivity contribution is 5.04. The smallest absolute Gasteiger partial charge is 0.0908 e. The number of nitriles is 1. The lowest BCUT2D eigenvalue weighted by Gasteiger charge is -2.31. The summed E-state index contributed by atoms with van der Waals surface area (Å²) in [5, 5.41) is 8.59. The summed E-state index contributed by atoms with van der Waals surface area (Å²) in [7, 11) is 0. The molecule has 0 N–H and O–H groups in total. The summed E-state index contributed by atoms with van der Waals surface area (Å²) < 4.78 is 0. The quantitative estimate of drug-likeness (QED) is 0.529. The van der Waals surface area contributed by atoms with Crippen LogP contribution in [0.15, 0.2) is 12.2 Å². The van der Waals surface area contributed by atoms with Gasteiger partial charge in [0.1, 0.15) is 0 Å². The molecule has 2 rings (SSSR count). The van der Waals surface area contributed by atoms with Crippen LogP contribution in [0.4, 0.5) is 0 Å². The van der Waals surface area contributed by atoms with Crippen LogP contribution in [-0.4, -0.2) is 0 Å². The Bertz CT molecular complexity index is 335. The van der Waals surface area contributed by atoms with E-state index in [1.165, 1.54) is 77.0 Å². The molecule has 0 aliphatic heterocycles. The Hall–Kier alpha value is -0.770. The van der Waals surface area contributed by atoms with Gasteiger partial charge in [0.15, 0.2) is 0 Å². The van der Waals surface area contributed by atoms with E-state index in [1.54, 1.807) is 6.08 Å². The van der Waals surface area contributed by atoms with Crippen LogP contribution in [0.5, 0.6) is 0 Å². The monoisotopic (exact) mass is 287 g/mol. The SMILES string of the molecule is CCC[C@H]1CC[C@H](CC[C@H]2CC[C@H](/C=C/C#N)CC2)CC1. The second-order valence-corrected chi connectivity index (χ2v) is 7.52. The van der Waals surface area contributed by atoms with Gasteiger partial charge in [-0.2, -0.15) is 5.26 Å². The predicted octanol–water partition coefficient (Wildman–Crippen LogP) is 6.26. The second kappa shape index (κ2) is 9.29. The van der Waals surface area contributed by atoms with Gasteiger partial charge in [0.05, 0.1) is 6.07 Å². The molecule has 1 heteroatoms. The van der Waals surface area contributed by atoms with Crippen molar-refractivity contribution < 1.29 is 0 Å². The Labute approximate surface area is 131 Å². The molecular formula is C20H33N. The molecule has 118 valence electrons. The average Bonchev–Trinajstić information content (AvgIpc) is 2.53. The summed E-state index contributed by atoms with van der Waals surface area (Å²) in [4.78, 5) is 0. The third-order valence-corrected chi connectivity index (χ3v) is 5.98. The minimum Gasteiger partial charge on any atom is -0.193 e. The van der Waals surface area contributed by atoms with Crippen LogP contribution >= 0.6 is 0 Å². The Kier molecular flexibility index (Phi) is 7.34. The summed E-state index contributed by atoms with van der Waals surface area (Å²) in [5.74, 6) is 3.75. The maximum atomic E-state index is 8.59. The summed E-state index contributed by atoms with van der Waals surface area (Å²) in [5.41, 5.74) is 0. The highest BCUT2D eigenvalue weighted by Gasteiger charge is 2.23. The van der Waals surface area contributed by atoms with Crippen LogP contribution in [0.25, 0.3) is 0 Å². The number of nitrogens with zero attached hydrogens (tertiary/aromatic N) is 1. The normalized spacial score (nSPS) is 33.9. The summed E-state index contributed by atoms with van der Waals surface area (Å²) in [6.07, 6.45) is 21.0. The fourth-order valence-electron chi connectivity index (χ4n) is 4.54. The fourth-order valence-corrected chi connectivity index (χ4v) is 4.54. The van der Waals surface area contributed by atoms with Crippen LogP contribution < -0.4 is 0 Å². The van der Waals surface area contributed by atoms with Crippen molar-refractivity contribution in [3.63, 3.8) is 0 Å². The van der Waals surface area contributed by atoms with E-state index in [9.17, 15) is 0 Å². The van der Waals surface area contributed by atoms with Gasteiger partial charge >= 0.3 is 0 Å². The highest BCUT2D eigenvalue weighted by atomic mass is 14.3. The van der Waals surface area contributed by atoms with Crippen LogP contribution in [0.2, 0.25) is 0 Å². The van der Waals surface area contributed by atoms with Crippen LogP contribution in [0, 0.1) is 35.0 Å². The van der Waals surface area contributed by atoms with Gasteiger partial charge in [0.25, 0.3) is 0 Å². The van der Waals surface area contributed by atoms with Crippen LogP contribution in [0.3, 0.4) is 0 Å². The molecular weight excluding hydrogens is 254 g/mol. The zero-order chi connectivity index (χ0) is 14.9. The first-order chi connectivity index (χ1) is 10.3. The zero-order valence-corrected chi connectivity index (χ0v) is 13.9. The zero-order valence-electron chi connectivity index (χ0n) is 13.9. The summed E-state index contributed by atoms with van der Waals surface area (Å²) in [6, 6.07) is 2.13. The molecule has 2 saturated carbocycles. The van der Waals surface area contributed by atoms with Crippen molar-refractivity contribution in [1.82, 2.24) is 0 Å². The molecule has 21 heavy (non-hydrogen) atoms. The van der Waals surface area contributed by atoms with Crippen molar-refractivity contribution in [3.05, 3.63) is 12.2 Å². The Balaban J connectivity index is 1.58. The van der Waals surface area contributed by atoms with Gasteiger partial charge in [0.2, 0.25) is 0 Å². The lowest BCUT2D eigenvalue weighted by atomic mass is 9.75. The minimum atomic E-state index is 0.686. The molecule has 0 radical (unpaired) electrons. The molecule has 2 aliphatic rings. The molecule has 0 aromatic carbocycles. The largest absolute Gasteiger partial charge is 0.193 e. The molecule has 0 spiro atoms. The van der Waals surface area contributed by atoms with Crippen LogP contribution in [-0.2, 0) is 0 Å². The van der Waals surface area contributed by atoms with E-state index >= 15 is 0 Å². The van der Waals surface area contributed by atoms with Crippen LogP contribution in [0.1, 0.15) is 84.0 Å². The van der Waals surface area contributed by atoms with Crippen molar-refractivity contribution in [2.45, 2.75) is 84.0 Å². The molecule has 0 bridgehead atoms. The standard InChI is InChI=1S/C20H33N/c1-2-4-17-6-10-19(11-7-17)14-15-20-12-8-18(9-13-20)5-3-16-21/h3,5,17-20H,2,4,6-15H2,1H3/b5-3+/t17-,18-,19-,20-. The minimum absolute atomic E-state index is 0.686. The third-order valence-electron chi connectivity index (χ3n) is 5.98. The summed E-state index contributed by atoms with van der Waals surface area (Å²) in [6.45, 7) is 2.33. The van der Waals surface area contributed by atoms with E-state index in [0.29, 0.717) is 5.92 Å². The van der Waals surface area contributed by atoms with E-state index in [-0.39, 0.29) is 0 Å². The molecule has 0 unspecified atom stereocenters. The molecule has 0 amide bonds.